The zero-order valence-electron chi connectivity index (χ0n) is 9.68. The fourth-order valence-corrected chi connectivity index (χ4v) is 1.31. The van der Waals surface area contributed by atoms with Crippen LogP contribution in [0.4, 0.5) is 0 Å². The molecule has 1 aromatic rings. The molecule has 1 atom stereocenters. The Morgan fingerprint density at radius 3 is 2.59 bits per heavy atom. The van der Waals surface area contributed by atoms with E-state index < -0.39 is 6.04 Å². The Bertz CT molecular complexity index is 379. The number of carbonyl (C=O) groups is 2. The lowest BCUT2D eigenvalue weighted by Crippen LogP contribution is -2.35. The molecule has 1 aromatic carbocycles. The van der Waals surface area contributed by atoms with Gasteiger partial charge in [-0.3, -0.25) is 9.59 Å². The third-order valence-corrected chi connectivity index (χ3v) is 2.30. The Kier molecular flexibility index (Phi) is 5.16. The molecule has 0 aliphatic carbocycles. The van der Waals surface area contributed by atoms with E-state index in [1.165, 1.54) is 7.11 Å². The Morgan fingerprint density at radius 1 is 1.35 bits per heavy atom. The van der Waals surface area contributed by atoms with E-state index in [0.29, 0.717) is 0 Å². The van der Waals surface area contributed by atoms with Crippen LogP contribution in [0, 0.1) is 0 Å². The largest absolute Gasteiger partial charge is 0.469 e. The number of carbonyl (C=O) groups excluding carboxylic acids is 2. The van der Waals surface area contributed by atoms with Crippen LogP contribution < -0.4 is 11.1 Å². The van der Waals surface area contributed by atoms with E-state index in [4.69, 9.17) is 5.73 Å². The number of methoxy groups -OCH3 is 1. The van der Waals surface area contributed by atoms with Crippen molar-refractivity contribution >= 4 is 11.9 Å². The average Bonchev–Trinajstić information content (AvgIpc) is 2.38. The van der Waals surface area contributed by atoms with Gasteiger partial charge in [-0.25, -0.2) is 0 Å². The summed E-state index contributed by atoms with van der Waals surface area (Å²) in [4.78, 5) is 22.5. The number of benzene rings is 1. The van der Waals surface area contributed by atoms with E-state index in [9.17, 15) is 9.59 Å². The van der Waals surface area contributed by atoms with Crippen LogP contribution in [0.2, 0.25) is 0 Å². The average molecular weight is 236 g/mol. The second kappa shape index (κ2) is 6.65. The number of hydrogen-bond donors (Lipinski definition) is 2. The minimum atomic E-state index is -0.714. The van der Waals surface area contributed by atoms with Crippen molar-refractivity contribution in [1.29, 1.82) is 0 Å². The molecule has 92 valence electrons. The van der Waals surface area contributed by atoms with Gasteiger partial charge in [0.2, 0.25) is 5.91 Å². The standard InChI is InChI=1S/C12H16N2O3/c1-17-10(15)7-8-14-12(16)11(13)9-5-3-2-4-6-9/h2-6,11H,7-8,13H2,1H3,(H,14,16)/t11-/m1/s1. The first-order valence-corrected chi connectivity index (χ1v) is 5.30. The summed E-state index contributed by atoms with van der Waals surface area (Å²) < 4.78 is 4.46. The van der Waals surface area contributed by atoms with E-state index in [1.54, 1.807) is 12.1 Å². The highest BCUT2D eigenvalue weighted by Gasteiger charge is 2.14. The molecule has 0 aliphatic heterocycles. The van der Waals surface area contributed by atoms with Crippen LogP contribution in [0.25, 0.3) is 0 Å². The van der Waals surface area contributed by atoms with Gasteiger partial charge in [0, 0.05) is 6.54 Å². The lowest BCUT2D eigenvalue weighted by molar-refractivity contribution is -0.140. The van der Waals surface area contributed by atoms with E-state index in [0.717, 1.165) is 5.56 Å². The summed E-state index contributed by atoms with van der Waals surface area (Å²) in [5.41, 5.74) is 6.50. The van der Waals surface area contributed by atoms with Crippen LogP contribution in [0.3, 0.4) is 0 Å². The van der Waals surface area contributed by atoms with Crippen LogP contribution in [-0.4, -0.2) is 25.5 Å². The molecule has 0 saturated carbocycles. The van der Waals surface area contributed by atoms with Gasteiger partial charge in [0.25, 0.3) is 0 Å². The molecule has 5 nitrogen and oxygen atoms in total. The third kappa shape index (κ3) is 4.24. The van der Waals surface area contributed by atoms with Crippen molar-refractivity contribution in [2.45, 2.75) is 12.5 Å². The zero-order valence-corrected chi connectivity index (χ0v) is 9.68. The third-order valence-electron chi connectivity index (χ3n) is 2.30. The quantitative estimate of drug-likeness (QED) is 0.723. The second-order valence-electron chi connectivity index (χ2n) is 3.51. The summed E-state index contributed by atoms with van der Waals surface area (Å²) in [6.45, 7) is 0.228. The monoisotopic (exact) mass is 236 g/mol. The highest BCUT2D eigenvalue weighted by atomic mass is 16.5. The number of nitrogens with two attached hydrogens (primary N) is 1. The SMILES string of the molecule is COC(=O)CCNC(=O)[C@H](N)c1ccccc1. The molecule has 0 radical (unpaired) electrons. The maximum absolute atomic E-state index is 11.6. The summed E-state index contributed by atoms with van der Waals surface area (Å²) in [6.07, 6.45) is 0.143. The van der Waals surface area contributed by atoms with Gasteiger partial charge in [-0.05, 0) is 5.56 Å². The van der Waals surface area contributed by atoms with Gasteiger partial charge < -0.3 is 15.8 Å². The molecular formula is C12H16N2O3. The van der Waals surface area contributed by atoms with E-state index in [-0.39, 0.29) is 24.8 Å². The summed E-state index contributed by atoms with van der Waals surface area (Å²) in [7, 11) is 1.31. The van der Waals surface area contributed by atoms with Crippen LogP contribution in [-0.2, 0) is 14.3 Å². The maximum atomic E-state index is 11.6. The lowest BCUT2D eigenvalue weighted by Gasteiger charge is -2.11. The van der Waals surface area contributed by atoms with Gasteiger partial charge in [-0.2, -0.15) is 0 Å². The number of amides is 1. The first-order valence-electron chi connectivity index (χ1n) is 5.30. The number of esters is 1. The van der Waals surface area contributed by atoms with E-state index in [1.807, 2.05) is 18.2 Å². The van der Waals surface area contributed by atoms with Crippen molar-refractivity contribution in [2.24, 2.45) is 5.73 Å². The lowest BCUT2D eigenvalue weighted by atomic mass is 10.1. The molecule has 0 heterocycles. The fraction of sp³-hybridized carbons (Fsp3) is 0.333. The number of hydrogen-bond acceptors (Lipinski definition) is 4. The summed E-state index contributed by atoms with van der Waals surface area (Å²) in [5, 5.41) is 2.58. The highest BCUT2D eigenvalue weighted by molar-refractivity contribution is 5.83. The van der Waals surface area contributed by atoms with Crippen molar-refractivity contribution < 1.29 is 14.3 Å². The summed E-state index contributed by atoms with van der Waals surface area (Å²) in [6, 6.07) is 8.34. The van der Waals surface area contributed by atoms with E-state index in [2.05, 4.69) is 10.1 Å². The molecular weight excluding hydrogens is 220 g/mol. The molecule has 0 unspecified atom stereocenters. The Hall–Kier alpha value is -1.88. The van der Waals surface area contributed by atoms with Crippen LogP contribution >= 0.6 is 0 Å². The fourth-order valence-electron chi connectivity index (χ4n) is 1.31. The van der Waals surface area contributed by atoms with Crippen molar-refractivity contribution in [1.82, 2.24) is 5.32 Å². The van der Waals surface area contributed by atoms with Gasteiger partial charge in [0.15, 0.2) is 0 Å². The van der Waals surface area contributed by atoms with Gasteiger partial charge in [-0.1, -0.05) is 30.3 Å². The molecule has 0 saturated heterocycles. The second-order valence-corrected chi connectivity index (χ2v) is 3.51. The van der Waals surface area contributed by atoms with Crippen molar-refractivity contribution in [2.75, 3.05) is 13.7 Å². The van der Waals surface area contributed by atoms with Crippen LogP contribution in [0.1, 0.15) is 18.0 Å². The maximum Gasteiger partial charge on any atom is 0.307 e. The smallest absolute Gasteiger partial charge is 0.307 e. The highest BCUT2D eigenvalue weighted by Crippen LogP contribution is 2.08. The van der Waals surface area contributed by atoms with Crippen molar-refractivity contribution in [3.8, 4) is 0 Å². The Labute approximate surface area is 99.9 Å². The summed E-state index contributed by atoms with van der Waals surface area (Å²) >= 11 is 0. The predicted molar refractivity (Wildman–Crippen MR) is 63.0 cm³/mol. The molecule has 3 N–H and O–H groups in total. The molecule has 0 spiro atoms. The first-order chi connectivity index (χ1) is 8.15. The Balaban J connectivity index is 2.40. The molecule has 0 aliphatic rings. The van der Waals surface area contributed by atoms with Crippen molar-refractivity contribution in [3.05, 3.63) is 35.9 Å². The molecule has 1 rings (SSSR count). The van der Waals surface area contributed by atoms with Crippen molar-refractivity contribution in [3.63, 3.8) is 0 Å². The minimum Gasteiger partial charge on any atom is -0.469 e. The first kappa shape index (κ1) is 13.2. The summed E-state index contributed by atoms with van der Waals surface area (Å²) in [5.74, 6) is -0.668. The topological polar surface area (TPSA) is 81.4 Å². The van der Waals surface area contributed by atoms with E-state index >= 15 is 0 Å². The minimum absolute atomic E-state index is 0.143. The molecule has 17 heavy (non-hydrogen) atoms. The van der Waals surface area contributed by atoms with Gasteiger partial charge in [0.05, 0.1) is 13.5 Å². The van der Waals surface area contributed by atoms with Gasteiger partial charge in [0.1, 0.15) is 6.04 Å². The molecule has 0 aromatic heterocycles. The zero-order chi connectivity index (χ0) is 12.7. The Morgan fingerprint density at radius 2 is 2.00 bits per heavy atom. The van der Waals surface area contributed by atoms with Crippen LogP contribution in [0.5, 0.6) is 0 Å². The molecule has 1 amide bonds. The molecule has 0 bridgehead atoms. The van der Waals surface area contributed by atoms with Crippen LogP contribution in [0.15, 0.2) is 30.3 Å². The van der Waals surface area contributed by atoms with Gasteiger partial charge >= 0.3 is 5.97 Å². The number of ether oxygens (including phenoxy) is 1. The molecule has 5 heteroatoms. The normalized spacial score (nSPS) is 11.6. The predicted octanol–water partition coefficient (Wildman–Crippen LogP) is 0.366. The van der Waals surface area contributed by atoms with Gasteiger partial charge in [-0.15, -0.1) is 0 Å². The number of nitrogens with one attached hydrogen (secondary N) is 1. The molecule has 0 fully saturated rings. The number of rotatable bonds is 5.